The van der Waals surface area contributed by atoms with Crippen molar-refractivity contribution in [3.05, 3.63) is 42.1 Å². The van der Waals surface area contributed by atoms with Gasteiger partial charge in [0.2, 0.25) is 5.88 Å². The molecule has 3 atom stereocenters. The molecule has 3 aromatic rings. The smallest absolute Gasteiger partial charge is 0.233 e. The molecule has 37 heavy (non-hydrogen) atoms. The molecule has 0 radical (unpaired) electrons. The number of halogens is 1. The largest absolute Gasteiger partial charge is 0.463 e. The Morgan fingerprint density at radius 1 is 1.30 bits per heavy atom. The van der Waals surface area contributed by atoms with Crippen molar-refractivity contribution >= 4 is 43.9 Å². The number of hydrogen-bond donors (Lipinski definition) is 2. The standard InChI is InChI=1S/C26H28FN7O2S/c1-5-6-11-36-21-14-31-22-19(32-21)9-10-29-23(22)33-20-12-17(18(27)13-30-20)25(2)15-37(4,35)26(3,16-7-8-16)24(28)34-25/h9-10,12-14,16H,4,7-8,11,15H2,1-3H3,(H2,28,34)(H,29,30,33)/t25-,26-,37?/m0/s1. The van der Waals surface area contributed by atoms with Crippen LogP contribution in [0.4, 0.5) is 16.0 Å². The quantitative estimate of drug-likeness (QED) is 0.374. The summed E-state index contributed by atoms with van der Waals surface area (Å²) in [6.45, 7) is 5.54. The number of anilines is 2. The molecule has 0 amide bonds. The summed E-state index contributed by atoms with van der Waals surface area (Å²) in [5.74, 6) is 10.6. The zero-order valence-electron chi connectivity index (χ0n) is 20.9. The summed E-state index contributed by atoms with van der Waals surface area (Å²) in [5, 5.41) is 3.10. The molecule has 4 heterocycles. The van der Waals surface area contributed by atoms with Crippen molar-refractivity contribution in [2.45, 2.75) is 43.9 Å². The summed E-state index contributed by atoms with van der Waals surface area (Å²) in [7, 11) is -2.71. The normalized spacial score (nSPS) is 27.2. The number of ether oxygens (including phenoxy) is 1. The van der Waals surface area contributed by atoms with Crippen LogP contribution >= 0.6 is 0 Å². The van der Waals surface area contributed by atoms with E-state index in [9.17, 15) is 4.21 Å². The predicted molar refractivity (Wildman–Crippen MR) is 144 cm³/mol. The van der Waals surface area contributed by atoms with Crippen molar-refractivity contribution in [1.29, 1.82) is 0 Å². The minimum absolute atomic E-state index is 0.0806. The predicted octanol–water partition coefficient (Wildman–Crippen LogP) is 3.18. The average Bonchev–Trinajstić information content (AvgIpc) is 3.69. The van der Waals surface area contributed by atoms with Gasteiger partial charge >= 0.3 is 0 Å². The third-order valence-corrected chi connectivity index (χ3v) is 10.2. The maximum absolute atomic E-state index is 15.1. The number of nitrogens with two attached hydrogens (primary N) is 1. The Morgan fingerprint density at radius 2 is 2.08 bits per heavy atom. The van der Waals surface area contributed by atoms with Crippen molar-refractivity contribution in [2.75, 3.05) is 17.7 Å². The molecule has 0 aromatic carbocycles. The summed E-state index contributed by atoms with van der Waals surface area (Å²) in [6.07, 6.45) is 6.04. The maximum Gasteiger partial charge on any atom is 0.233 e. The number of aromatic nitrogens is 4. The van der Waals surface area contributed by atoms with Crippen molar-refractivity contribution < 1.29 is 13.3 Å². The van der Waals surface area contributed by atoms with Gasteiger partial charge in [-0.1, -0.05) is 5.92 Å². The highest BCUT2D eigenvalue weighted by atomic mass is 32.2. The molecule has 0 spiro atoms. The molecule has 5 rings (SSSR count). The fourth-order valence-corrected chi connectivity index (χ4v) is 7.50. The van der Waals surface area contributed by atoms with E-state index in [1.165, 1.54) is 12.3 Å². The molecule has 0 bridgehead atoms. The van der Waals surface area contributed by atoms with Crippen LogP contribution in [-0.4, -0.2) is 53.0 Å². The van der Waals surface area contributed by atoms with Crippen LogP contribution in [-0.2, 0) is 15.1 Å². The molecule has 0 saturated heterocycles. The summed E-state index contributed by atoms with van der Waals surface area (Å²) in [5.41, 5.74) is 6.49. The van der Waals surface area contributed by atoms with Crippen LogP contribution in [0.15, 0.2) is 35.7 Å². The Bertz CT molecular complexity index is 1590. The molecule has 192 valence electrons. The van der Waals surface area contributed by atoms with Crippen LogP contribution < -0.4 is 15.8 Å². The van der Waals surface area contributed by atoms with Crippen molar-refractivity contribution in [3.8, 4) is 17.7 Å². The molecule has 1 saturated carbocycles. The highest BCUT2D eigenvalue weighted by molar-refractivity contribution is 8.02. The number of hydrogen-bond acceptors (Lipinski definition) is 9. The minimum atomic E-state index is -2.71. The summed E-state index contributed by atoms with van der Waals surface area (Å²) in [6, 6.07) is 3.24. The number of nitrogens with zero attached hydrogens (tertiary/aromatic N) is 5. The third kappa shape index (κ3) is 4.35. The van der Waals surface area contributed by atoms with E-state index in [0.717, 1.165) is 19.0 Å². The number of fused-ring (bicyclic) bond motifs is 1. The van der Waals surface area contributed by atoms with Gasteiger partial charge in [-0.25, -0.2) is 24.3 Å². The molecule has 11 heteroatoms. The molecule has 9 nitrogen and oxygen atoms in total. The molecule has 2 aliphatic rings. The average molecular weight is 522 g/mol. The Balaban J connectivity index is 1.48. The zero-order chi connectivity index (χ0) is 26.4. The number of amidine groups is 1. The second-order valence-corrected chi connectivity index (χ2v) is 12.5. The van der Waals surface area contributed by atoms with E-state index >= 15 is 4.39 Å². The van der Waals surface area contributed by atoms with Crippen molar-refractivity contribution in [3.63, 3.8) is 0 Å². The first-order valence-electron chi connectivity index (χ1n) is 11.8. The molecule has 1 unspecified atom stereocenters. The van der Waals surface area contributed by atoms with Gasteiger partial charge < -0.3 is 15.8 Å². The lowest BCUT2D eigenvalue weighted by atomic mass is 9.93. The topological polar surface area (TPSA) is 128 Å². The van der Waals surface area contributed by atoms with E-state index in [2.05, 4.69) is 43.0 Å². The first kappa shape index (κ1) is 24.9. The van der Waals surface area contributed by atoms with Gasteiger partial charge in [-0.3, -0.25) is 9.20 Å². The van der Waals surface area contributed by atoms with Gasteiger partial charge in [0.1, 0.15) is 23.0 Å². The van der Waals surface area contributed by atoms with Crippen LogP contribution in [0.25, 0.3) is 11.0 Å². The lowest BCUT2D eigenvalue weighted by molar-refractivity contribution is 0.355. The number of nitrogens with one attached hydrogen (secondary N) is 1. The second-order valence-electron chi connectivity index (χ2n) is 9.73. The Morgan fingerprint density at radius 3 is 2.78 bits per heavy atom. The van der Waals surface area contributed by atoms with Gasteiger partial charge in [0, 0.05) is 17.5 Å². The van der Waals surface area contributed by atoms with Gasteiger partial charge in [0.15, 0.2) is 12.4 Å². The van der Waals surface area contributed by atoms with Gasteiger partial charge in [0.25, 0.3) is 0 Å². The van der Waals surface area contributed by atoms with Crippen LogP contribution in [0.3, 0.4) is 0 Å². The Labute approximate surface area is 215 Å². The van der Waals surface area contributed by atoms with Crippen molar-refractivity contribution in [1.82, 2.24) is 19.9 Å². The van der Waals surface area contributed by atoms with Crippen LogP contribution in [0, 0.1) is 23.6 Å². The summed E-state index contributed by atoms with van der Waals surface area (Å²) in [4.78, 5) is 22.1. The summed E-state index contributed by atoms with van der Waals surface area (Å²) >= 11 is 0. The van der Waals surface area contributed by atoms with Crippen LogP contribution in [0.2, 0.25) is 0 Å². The third-order valence-electron chi connectivity index (χ3n) is 7.11. The molecule has 1 fully saturated rings. The van der Waals surface area contributed by atoms with E-state index in [4.69, 9.17) is 15.5 Å². The van der Waals surface area contributed by atoms with E-state index in [1.54, 1.807) is 26.1 Å². The Hall–Kier alpha value is -3.78. The minimum Gasteiger partial charge on any atom is -0.463 e. The highest BCUT2D eigenvalue weighted by Crippen LogP contribution is 2.49. The monoisotopic (exact) mass is 521 g/mol. The van der Waals surface area contributed by atoms with E-state index < -0.39 is 25.6 Å². The van der Waals surface area contributed by atoms with Gasteiger partial charge in [-0.15, -0.1) is 5.92 Å². The highest BCUT2D eigenvalue weighted by Gasteiger charge is 2.55. The fourth-order valence-electron chi connectivity index (χ4n) is 4.80. The second kappa shape index (κ2) is 8.95. The van der Waals surface area contributed by atoms with Gasteiger partial charge in [-0.2, -0.15) is 0 Å². The first-order chi connectivity index (χ1) is 17.6. The molecular weight excluding hydrogens is 493 g/mol. The lowest BCUT2D eigenvalue weighted by Gasteiger charge is -2.43. The zero-order valence-corrected chi connectivity index (χ0v) is 21.7. The van der Waals surface area contributed by atoms with Crippen LogP contribution in [0.1, 0.15) is 39.2 Å². The van der Waals surface area contributed by atoms with Crippen LogP contribution in [0.5, 0.6) is 5.88 Å². The van der Waals surface area contributed by atoms with Gasteiger partial charge in [-0.05, 0) is 67.1 Å². The number of aliphatic imine (C=N–C) groups is 1. The van der Waals surface area contributed by atoms with E-state index in [1.807, 2.05) is 6.92 Å². The first-order valence-corrected chi connectivity index (χ1v) is 13.7. The SMILES string of the molecule is C=S1(=O)C[C@@](C)(c2cc(Nc3nccc4nc(OCC#CC)cnc34)ncc2F)N=C(N)[C@]1(C)C1CC1. The number of pyridine rings is 2. The molecule has 1 aliphatic carbocycles. The van der Waals surface area contributed by atoms with Gasteiger partial charge in [0.05, 0.1) is 28.2 Å². The van der Waals surface area contributed by atoms with E-state index in [-0.39, 0.29) is 29.7 Å². The van der Waals surface area contributed by atoms with Crippen molar-refractivity contribution in [2.24, 2.45) is 16.6 Å². The number of rotatable bonds is 6. The molecule has 3 aromatic heterocycles. The summed E-state index contributed by atoms with van der Waals surface area (Å²) < 4.78 is 33.6. The Kier molecular flexibility index (Phi) is 6.02. The molecule has 3 N–H and O–H groups in total. The van der Waals surface area contributed by atoms with E-state index in [0.29, 0.717) is 28.5 Å². The maximum atomic E-state index is 15.1. The molecular formula is C26H28FN7O2S. The molecule has 1 aliphatic heterocycles. The lowest BCUT2D eigenvalue weighted by Crippen LogP contribution is -2.57. The fraction of sp³-hybridized carbons (Fsp3) is 0.385.